The number of thioether (sulfide) groups is 1. The highest BCUT2D eigenvalue weighted by atomic mass is 32.2. The zero-order valence-corrected chi connectivity index (χ0v) is 14.9. The predicted molar refractivity (Wildman–Crippen MR) is 99.8 cm³/mol. The van der Waals surface area contributed by atoms with Crippen molar-refractivity contribution in [2.24, 2.45) is 4.99 Å². The van der Waals surface area contributed by atoms with Crippen LogP contribution in [0.2, 0.25) is 0 Å². The number of nitrogens with zero attached hydrogens (tertiary/aromatic N) is 2. The number of rotatable bonds is 7. The number of hydrogen-bond acceptors (Lipinski definition) is 3. The van der Waals surface area contributed by atoms with Gasteiger partial charge >= 0.3 is 0 Å². The summed E-state index contributed by atoms with van der Waals surface area (Å²) in [5, 5.41) is 6.56. The van der Waals surface area contributed by atoms with Crippen molar-refractivity contribution < 1.29 is 4.39 Å². The van der Waals surface area contributed by atoms with Crippen molar-refractivity contribution in [1.29, 1.82) is 0 Å². The number of benzene rings is 1. The minimum Gasteiger partial charge on any atom is -0.356 e. The SMILES string of the molecule is CN=C(NCCc1cccnc1)NCc1ccc(F)cc1CSC. The summed E-state index contributed by atoms with van der Waals surface area (Å²) in [5.74, 6) is 1.34. The molecular weight excluding hydrogens is 323 g/mol. The molecule has 1 heterocycles. The van der Waals surface area contributed by atoms with Crippen molar-refractivity contribution >= 4 is 17.7 Å². The summed E-state index contributed by atoms with van der Waals surface area (Å²) in [6, 6.07) is 8.92. The molecule has 2 rings (SSSR count). The fraction of sp³-hybridized carbons (Fsp3) is 0.333. The topological polar surface area (TPSA) is 49.3 Å². The molecule has 1 aromatic heterocycles. The maximum Gasteiger partial charge on any atom is 0.191 e. The smallest absolute Gasteiger partial charge is 0.191 e. The highest BCUT2D eigenvalue weighted by molar-refractivity contribution is 7.97. The van der Waals surface area contributed by atoms with Gasteiger partial charge in [0.25, 0.3) is 0 Å². The highest BCUT2D eigenvalue weighted by Gasteiger charge is 2.05. The van der Waals surface area contributed by atoms with Crippen molar-refractivity contribution in [3.8, 4) is 0 Å². The van der Waals surface area contributed by atoms with Crippen LogP contribution in [0.5, 0.6) is 0 Å². The summed E-state index contributed by atoms with van der Waals surface area (Å²) in [4.78, 5) is 8.33. The molecule has 0 aliphatic heterocycles. The van der Waals surface area contributed by atoms with Crippen LogP contribution in [0.4, 0.5) is 4.39 Å². The van der Waals surface area contributed by atoms with Crippen LogP contribution in [0.15, 0.2) is 47.7 Å². The molecule has 0 saturated carbocycles. The van der Waals surface area contributed by atoms with E-state index >= 15 is 0 Å². The van der Waals surface area contributed by atoms with E-state index < -0.39 is 0 Å². The average Bonchev–Trinajstić information content (AvgIpc) is 2.60. The number of aliphatic imine (C=N–C) groups is 1. The van der Waals surface area contributed by atoms with Gasteiger partial charge in [0.2, 0.25) is 0 Å². The molecule has 2 aromatic rings. The molecule has 128 valence electrons. The van der Waals surface area contributed by atoms with E-state index in [-0.39, 0.29) is 5.82 Å². The standard InChI is InChI=1S/C18H23FN4S/c1-20-18(22-9-7-14-4-3-8-21-11-14)23-12-15-5-6-17(19)10-16(15)13-24-2/h3-6,8,10-11H,7,9,12-13H2,1-2H3,(H2,20,22,23). The monoisotopic (exact) mass is 346 g/mol. The third-order valence-electron chi connectivity index (χ3n) is 3.57. The summed E-state index contributed by atoms with van der Waals surface area (Å²) in [7, 11) is 1.74. The largest absolute Gasteiger partial charge is 0.356 e. The van der Waals surface area contributed by atoms with E-state index in [2.05, 4.69) is 26.7 Å². The van der Waals surface area contributed by atoms with Gasteiger partial charge in [-0.05, 0) is 47.6 Å². The number of nitrogens with one attached hydrogen (secondary N) is 2. The minimum absolute atomic E-state index is 0.193. The lowest BCUT2D eigenvalue weighted by Gasteiger charge is -2.14. The van der Waals surface area contributed by atoms with Crippen LogP contribution in [0.3, 0.4) is 0 Å². The lowest BCUT2D eigenvalue weighted by molar-refractivity contribution is 0.625. The van der Waals surface area contributed by atoms with Gasteiger partial charge in [0.05, 0.1) is 0 Å². The van der Waals surface area contributed by atoms with Crippen LogP contribution in [0.1, 0.15) is 16.7 Å². The summed E-state index contributed by atoms with van der Waals surface area (Å²) in [5.41, 5.74) is 3.28. The van der Waals surface area contributed by atoms with Crippen LogP contribution in [-0.4, -0.2) is 30.8 Å². The average molecular weight is 346 g/mol. The number of aromatic nitrogens is 1. The van der Waals surface area contributed by atoms with Crippen molar-refractivity contribution in [2.45, 2.75) is 18.7 Å². The highest BCUT2D eigenvalue weighted by Crippen LogP contribution is 2.16. The van der Waals surface area contributed by atoms with E-state index in [9.17, 15) is 4.39 Å². The van der Waals surface area contributed by atoms with E-state index in [1.807, 2.05) is 24.6 Å². The first-order valence-corrected chi connectivity index (χ1v) is 9.22. The Morgan fingerprint density at radius 2 is 2.12 bits per heavy atom. The second-order valence-corrected chi connectivity index (χ2v) is 6.18. The molecule has 0 aliphatic rings. The van der Waals surface area contributed by atoms with Crippen molar-refractivity contribution in [3.63, 3.8) is 0 Å². The van der Waals surface area contributed by atoms with Gasteiger partial charge in [0.15, 0.2) is 5.96 Å². The Hall–Kier alpha value is -2.08. The Labute approximate surface area is 147 Å². The van der Waals surface area contributed by atoms with Gasteiger partial charge in [-0.1, -0.05) is 12.1 Å². The zero-order valence-electron chi connectivity index (χ0n) is 14.1. The summed E-state index contributed by atoms with van der Waals surface area (Å²) >= 11 is 1.68. The first-order chi connectivity index (χ1) is 11.7. The lowest BCUT2D eigenvalue weighted by Crippen LogP contribution is -2.38. The zero-order chi connectivity index (χ0) is 17.2. The molecule has 0 aliphatic carbocycles. The quantitative estimate of drug-likeness (QED) is 0.598. The van der Waals surface area contributed by atoms with E-state index in [4.69, 9.17) is 0 Å². The molecule has 6 heteroatoms. The van der Waals surface area contributed by atoms with Crippen LogP contribution < -0.4 is 10.6 Å². The number of pyridine rings is 1. The molecule has 2 N–H and O–H groups in total. The molecule has 1 aromatic carbocycles. The Kier molecular flexibility index (Phi) is 7.55. The fourth-order valence-corrected chi connectivity index (χ4v) is 2.91. The second-order valence-electron chi connectivity index (χ2n) is 5.31. The number of halogens is 1. The molecule has 0 bridgehead atoms. The second kappa shape index (κ2) is 9.93. The molecular formula is C18H23FN4S. The number of guanidine groups is 1. The van der Waals surface area contributed by atoms with E-state index in [1.54, 1.807) is 31.1 Å². The van der Waals surface area contributed by atoms with Gasteiger partial charge in [0, 0.05) is 38.3 Å². The molecule has 0 atom stereocenters. The maximum absolute atomic E-state index is 13.4. The van der Waals surface area contributed by atoms with E-state index in [0.29, 0.717) is 6.54 Å². The van der Waals surface area contributed by atoms with Gasteiger partial charge in [-0.15, -0.1) is 0 Å². The molecule has 4 nitrogen and oxygen atoms in total. The Balaban J connectivity index is 1.85. The Bertz CT molecular complexity index is 661. The van der Waals surface area contributed by atoms with E-state index in [0.717, 1.165) is 35.8 Å². The van der Waals surface area contributed by atoms with Crippen LogP contribution >= 0.6 is 11.8 Å². The van der Waals surface area contributed by atoms with Crippen LogP contribution in [-0.2, 0) is 18.7 Å². The normalized spacial score (nSPS) is 11.4. The fourth-order valence-electron chi connectivity index (χ4n) is 2.33. The Morgan fingerprint density at radius 3 is 2.83 bits per heavy atom. The summed E-state index contributed by atoms with van der Waals surface area (Å²) in [6.07, 6.45) is 6.53. The van der Waals surface area contributed by atoms with Crippen molar-refractivity contribution in [1.82, 2.24) is 15.6 Å². The first-order valence-electron chi connectivity index (χ1n) is 7.82. The molecule has 0 saturated heterocycles. The first kappa shape index (κ1) is 18.3. The summed E-state index contributed by atoms with van der Waals surface area (Å²) in [6.45, 7) is 1.38. The molecule has 0 fully saturated rings. The molecule has 0 radical (unpaired) electrons. The van der Waals surface area contributed by atoms with Gasteiger partial charge < -0.3 is 10.6 Å². The van der Waals surface area contributed by atoms with Gasteiger partial charge in [-0.2, -0.15) is 11.8 Å². The molecule has 0 spiro atoms. The maximum atomic E-state index is 13.4. The molecule has 0 amide bonds. The number of hydrogen-bond donors (Lipinski definition) is 2. The molecule has 24 heavy (non-hydrogen) atoms. The predicted octanol–water partition coefficient (Wildman–Crippen LogP) is 2.99. The van der Waals surface area contributed by atoms with Crippen molar-refractivity contribution in [2.75, 3.05) is 19.8 Å². The third kappa shape index (κ3) is 5.85. The third-order valence-corrected chi connectivity index (χ3v) is 4.17. The molecule has 0 unspecified atom stereocenters. The van der Waals surface area contributed by atoms with Crippen LogP contribution in [0, 0.1) is 5.82 Å². The van der Waals surface area contributed by atoms with Gasteiger partial charge in [0.1, 0.15) is 5.82 Å². The van der Waals surface area contributed by atoms with Crippen molar-refractivity contribution in [3.05, 3.63) is 65.2 Å². The minimum atomic E-state index is -0.193. The van der Waals surface area contributed by atoms with Gasteiger partial charge in [-0.3, -0.25) is 9.98 Å². The van der Waals surface area contributed by atoms with Gasteiger partial charge in [-0.25, -0.2) is 4.39 Å². The summed E-state index contributed by atoms with van der Waals surface area (Å²) < 4.78 is 13.4. The Morgan fingerprint density at radius 1 is 1.25 bits per heavy atom. The lowest BCUT2D eigenvalue weighted by atomic mass is 10.1. The van der Waals surface area contributed by atoms with Crippen LogP contribution in [0.25, 0.3) is 0 Å². The van der Waals surface area contributed by atoms with E-state index in [1.165, 1.54) is 11.6 Å².